The number of rotatable bonds is 5. The van der Waals surface area contributed by atoms with Crippen LogP contribution in [0.25, 0.3) is 0 Å². The van der Waals surface area contributed by atoms with Crippen molar-refractivity contribution in [3.8, 4) is 0 Å². The van der Waals surface area contributed by atoms with Crippen LogP contribution in [0.2, 0.25) is 0 Å². The zero-order chi connectivity index (χ0) is 9.68. The first kappa shape index (κ1) is 10.3. The van der Waals surface area contributed by atoms with Crippen LogP contribution in [0.3, 0.4) is 0 Å². The number of aliphatic hydroxyl groups excluding tert-OH is 1. The van der Waals surface area contributed by atoms with Gasteiger partial charge in [-0.05, 0) is 25.5 Å². The third kappa shape index (κ3) is 3.20. The maximum absolute atomic E-state index is 9.31. The Balaban J connectivity index is 2.30. The van der Waals surface area contributed by atoms with Crippen LogP contribution < -0.4 is 5.32 Å². The molecule has 1 aromatic rings. The molecule has 1 heterocycles. The highest BCUT2D eigenvalue weighted by Crippen LogP contribution is 2.11. The Labute approximate surface area is 78.8 Å². The summed E-state index contributed by atoms with van der Waals surface area (Å²) in [7, 11) is 0. The fourth-order valence-corrected chi connectivity index (χ4v) is 1.10. The molecule has 3 nitrogen and oxygen atoms in total. The Bertz CT molecular complexity index is 221. The van der Waals surface area contributed by atoms with Gasteiger partial charge in [0.15, 0.2) is 0 Å². The highest BCUT2D eigenvalue weighted by atomic mass is 16.3. The molecule has 0 aliphatic carbocycles. The third-order valence-corrected chi connectivity index (χ3v) is 2.10. The molecule has 13 heavy (non-hydrogen) atoms. The molecule has 74 valence electrons. The number of aliphatic hydroxyl groups is 1. The highest BCUT2D eigenvalue weighted by molar-refractivity contribution is 5.02. The molecule has 0 bridgehead atoms. The van der Waals surface area contributed by atoms with Gasteiger partial charge in [-0.25, -0.2) is 0 Å². The Morgan fingerprint density at radius 3 is 2.92 bits per heavy atom. The predicted octanol–water partition coefficient (Wildman–Crippen LogP) is 1.70. The van der Waals surface area contributed by atoms with Gasteiger partial charge in [-0.3, -0.25) is 0 Å². The lowest BCUT2D eigenvalue weighted by Gasteiger charge is -2.13. The van der Waals surface area contributed by atoms with Gasteiger partial charge < -0.3 is 14.8 Å². The fourth-order valence-electron chi connectivity index (χ4n) is 1.10. The summed E-state index contributed by atoms with van der Waals surface area (Å²) >= 11 is 0. The van der Waals surface area contributed by atoms with Gasteiger partial charge in [-0.15, -0.1) is 0 Å². The molecular formula is C10H17NO2. The van der Waals surface area contributed by atoms with E-state index in [4.69, 9.17) is 4.42 Å². The zero-order valence-corrected chi connectivity index (χ0v) is 8.16. The minimum Gasteiger partial charge on any atom is -0.468 e. The molecule has 0 aromatic carbocycles. The molecule has 0 fully saturated rings. The first-order chi connectivity index (χ1) is 6.24. The summed E-state index contributed by atoms with van der Waals surface area (Å²) in [6, 6.07) is 3.95. The van der Waals surface area contributed by atoms with Crippen molar-refractivity contribution < 1.29 is 9.52 Å². The number of hydrogen-bond acceptors (Lipinski definition) is 3. The molecule has 3 heteroatoms. The van der Waals surface area contributed by atoms with Crippen molar-refractivity contribution in [3.63, 3.8) is 0 Å². The van der Waals surface area contributed by atoms with Gasteiger partial charge in [-0.2, -0.15) is 0 Å². The average Bonchev–Trinajstić information content (AvgIpc) is 2.66. The molecular weight excluding hydrogens is 166 g/mol. The van der Waals surface area contributed by atoms with Crippen molar-refractivity contribution in [1.29, 1.82) is 0 Å². The van der Waals surface area contributed by atoms with E-state index in [2.05, 4.69) is 5.32 Å². The van der Waals surface area contributed by atoms with Crippen LogP contribution in [0.4, 0.5) is 0 Å². The molecule has 0 aliphatic rings. The summed E-state index contributed by atoms with van der Waals surface area (Å²) in [5.74, 6) is 0.906. The van der Waals surface area contributed by atoms with Crippen LogP contribution in [0, 0.1) is 0 Å². The number of hydrogen-bond donors (Lipinski definition) is 2. The van der Waals surface area contributed by atoms with E-state index < -0.39 is 0 Å². The maximum atomic E-state index is 9.31. The van der Waals surface area contributed by atoms with Crippen LogP contribution >= 0.6 is 0 Å². The smallest absolute Gasteiger partial charge is 0.120 e. The maximum Gasteiger partial charge on any atom is 0.120 e. The second kappa shape index (κ2) is 5.04. The fraction of sp³-hybridized carbons (Fsp3) is 0.600. The van der Waals surface area contributed by atoms with Gasteiger partial charge in [0, 0.05) is 6.54 Å². The van der Waals surface area contributed by atoms with Gasteiger partial charge in [0.25, 0.3) is 0 Å². The van der Waals surface area contributed by atoms with Crippen molar-refractivity contribution in [2.75, 3.05) is 6.54 Å². The van der Waals surface area contributed by atoms with E-state index in [1.54, 1.807) is 6.26 Å². The Morgan fingerprint density at radius 1 is 1.62 bits per heavy atom. The normalized spacial score (nSPS) is 15.6. The highest BCUT2D eigenvalue weighted by Gasteiger charge is 2.08. The van der Waals surface area contributed by atoms with Gasteiger partial charge in [-0.1, -0.05) is 6.92 Å². The van der Waals surface area contributed by atoms with Gasteiger partial charge in [0.05, 0.1) is 18.4 Å². The lowest BCUT2D eigenvalue weighted by atomic mass is 10.2. The molecule has 1 rings (SSSR count). The molecule has 0 aliphatic heterocycles. The monoisotopic (exact) mass is 183 g/mol. The Kier molecular flexibility index (Phi) is 3.99. The largest absolute Gasteiger partial charge is 0.468 e. The van der Waals surface area contributed by atoms with Crippen LogP contribution in [0.15, 0.2) is 22.8 Å². The topological polar surface area (TPSA) is 45.4 Å². The lowest BCUT2D eigenvalue weighted by Crippen LogP contribution is -2.28. The second-order valence-electron chi connectivity index (χ2n) is 3.21. The van der Waals surface area contributed by atoms with E-state index in [1.807, 2.05) is 26.0 Å². The van der Waals surface area contributed by atoms with Crippen molar-refractivity contribution in [2.24, 2.45) is 0 Å². The minimum absolute atomic E-state index is 0.163. The van der Waals surface area contributed by atoms with Crippen LogP contribution in [0.1, 0.15) is 32.1 Å². The number of furan rings is 1. The van der Waals surface area contributed by atoms with Crippen LogP contribution in [-0.2, 0) is 0 Å². The standard InChI is InChI=1S/C10H17NO2/c1-3-9(12)7-11-8(2)10-5-4-6-13-10/h4-6,8-9,11-12H,3,7H2,1-2H3/t8-,9?/m0/s1. The van der Waals surface area contributed by atoms with Gasteiger partial charge >= 0.3 is 0 Å². The van der Waals surface area contributed by atoms with E-state index in [0.717, 1.165) is 12.2 Å². The van der Waals surface area contributed by atoms with Crippen LogP contribution in [-0.4, -0.2) is 17.8 Å². The Morgan fingerprint density at radius 2 is 2.38 bits per heavy atom. The molecule has 0 radical (unpaired) electrons. The summed E-state index contributed by atoms with van der Waals surface area (Å²) in [6.45, 7) is 4.59. The average molecular weight is 183 g/mol. The van der Waals surface area contributed by atoms with E-state index in [9.17, 15) is 5.11 Å². The summed E-state index contributed by atoms with van der Waals surface area (Å²) < 4.78 is 5.22. The second-order valence-corrected chi connectivity index (χ2v) is 3.21. The van der Waals surface area contributed by atoms with Crippen molar-refractivity contribution in [1.82, 2.24) is 5.32 Å². The molecule has 0 spiro atoms. The van der Waals surface area contributed by atoms with Crippen LogP contribution in [0.5, 0.6) is 0 Å². The lowest BCUT2D eigenvalue weighted by molar-refractivity contribution is 0.162. The quantitative estimate of drug-likeness (QED) is 0.730. The molecule has 1 aromatic heterocycles. The SMILES string of the molecule is CCC(O)CN[C@@H](C)c1ccco1. The van der Waals surface area contributed by atoms with Gasteiger partial charge in [0.2, 0.25) is 0 Å². The van der Waals surface area contributed by atoms with Gasteiger partial charge in [0.1, 0.15) is 5.76 Å². The molecule has 1 unspecified atom stereocenters. The zero-order valence-electron chi connectivity index (χ0n) is 8.16. The summed E-state index contributed by atoms with van der Waals surface area (Å²) in [5.41, 5.74) is 0. The molecule has 0 amide bonds. The molecule has 2 atom stereocenters. The number of nitrogens with one attached hydrogen (secondary N) is 1. The summed E-state index contributed by atoms with van der Waals surface area (Å²) in [5, 5.41) is 12.5. The molecule has 0 saturated carbocycles. The van der Waals surface area contributed by atoms with Crippen molar-refractivity contribution in [2.45, 2.75) is 32.4 Å². The first-order valence-corrected chi connectivity index (χ1v) is 4.69. The minimum atomic E-state index is -0.266. The Hall–Kier alpha value is -0.800. The first-order valence-electron chi connectivity index (χ1n) is 4.69. The van der Waals surface area contributed by atoms with Crippen molar-refractivity contribution >= 4 is 0 Å². The van der Waals surface area contributed by atoms with E-state index in [-0.39, 0.29) is 12.1 Å². The summed E-state index contributed by atoms with van der Waals surface area (Å²) in [4.78, 5) is 0. The molecule has 2 N–H and O–H groups in total. The third-order valence-electron chi connectivity index (χ3n) is 2.10. The van der Waals surface area contributed by atoms with Crippen molar-refractivity contribution in [3.05, 3.63) is 24.2 Å². The summed E-state index contributed by atoms with van der Waals surface area (Å²) in [6.07, 6.45) is 2.17. The predicted molar refractivity (Wildman–Crippen MR) is 51.4 cm³/mol. The van der Waals surface area contributed by atoms with E-state index >= 15 is 0 Å². The van der Waals surface area contributed by atoms with E-state index in [0.29, 0.717) is 6.54 Å². The molecule has 0 saturated heterocycles. The van der Waals surface area contributed by atoms with E-state index in [1.165, 1.54) is 0 Å².